The van der Waals surface area contributed by atoms with Gasteiger partial charge in [0.15, 0.2) is 0 Å². The van der Waals surface area contributed by atoms with E-state index >= 15 is 0 Å². The van der Waals surface area contributed by atoms with E-state index < -0.39 is 12.0 Å². The SMILES string of the molecule is CC(C)=CCOc1ccc(C[C@H](NC=O)C(=O)O)cc1. The van der Waals surface area contributed by atoms with Crippen molar-refractivity contribution in [3.05, 3.63) is 41.5 Å². The van der Waals surface area contributed by atoms with Crippen LogP contribution in [0.1, 0.15) is 19.4 Å². The van der Waals surface area contributed by atoms with E-state index in [1.54, 1.807) is 24.3 Å². The highest BCUT2D eigenvalue weighted by atomic mass is 16.5. The number of carbonyl (C=O) groups excluding carboxylic acids is 1. The van der Waals surface area contributed by atoms with Gasteiger partial charge in [0.25, 0.3) is 0 Å². The summed E-state index contributed by atoms with van der Waals surface area (Å²) < 4.78 is 5.51. The molecular formula is C15H19NO4. The van der Waals surface area contributed by atoms with Crippen LogP contribution >= 0.6 is 0 Å². The molecule has 0 saturated heterocycles. The molecule has 0 radical (unpaired) electrons. The summed E-state index contributed by atoms with van der Waals surface area (Å²) in [6.07, 6.45) is 2.61. The Morgan fingerprint density at radius 1 is 1.35 bits per heavy atom. The van der Waals surface area contributed by atoms with Crippen LogP contribution in [0.3, 0.4) is 0 Å². The first-order chi connectivity index (χ1) is 9.52. The maximum atomic E-state index is 10.9. The highest BCUT2D eigenvalue weighted by molar-refractivity contribution is 5.76. The summed E-state index contributed by atoms with van der Waals surface area (Å²) in [6, 6.07) is 6.24. The number of aliphatic carboxylic acids is 1. The second kappa shape index (κ2) is 7.99. The molecule has 5 heteroatoms. The number of ether oxygens (including phenoxy) is 1. The number of allylic oxidation sites excluding steroid dienone is 1. The number of rotatable bonds is 8. The van der Waals surface area contributed by atoms with Gasteiger partial charge >= 0.3 is 5.97 Å². The third-order valence-corrected chi connectivity index (χ3v) is 2.67. The van der Waals surface area contributed by atoms with Crippen molar-refractivity contribution in [2.75, 3.05) is 6.61 Å². The molecule has 0 aliphatic rings. The van der Waals surface area contributed by atoms with Gasteiger partial charge in [-0.2, -0.15) is 0 Å². The molecule has 1 atom stereocenters. The minimum atomic E-state index is -1.05. The Morgan fingerprint density at radius 3 is 2.50 bits per heavy atom. The fourth-order valence-corrected chi connectivity index (χ4v) is 1.56. The predicted octanol–water partition coefficient (Wildman–Crippen LogP) is 1.77. The highest BCUT2D eigenvalue weighted by Gasteiger charge is 2.16. The standard InChI is InChI=1S/C15H19NO4/c1-11(2)7-8-20-13-5-3-12(4-6-13)9-14(15(18)19)16-10-17/h3-7,10,14H,8-9H2,1-2H3,(H,16,17)(H,18,19)/t14-/m0/s1. The van der Waals surface area contributed by atoms with Crippen molar-refractivity contribution in [2.45, 2.75) is 26.3 Å². The van der Waals surface area contributed by atoms with Crippen LogP contribution in [-0.2, 0) is 16.0 Å². The molecule has 0 bridgehead atoms. The van der Waals surface area contributed by atoms with Gasteiger partial charge in [-0.25, -0.2) is 4.79 Å². The summed E-state index contributed by atoms with van der Waals surface area (Å²) in [6.45, 7) is 4.50. The molecule has 5 nitrogen and oxygen atoms in total. The third kappa shape index (κ3) is 5.56. The fraction of sp³-hybridized carbons (Fsp3) is 0.333. The lowest BCUT2D eigenvalue weighted by Crippen LogP contribution is -2.37. The smallest absolute Gasteiger partial charge is 0.326 e. The van der Waals surface area contributed by atoms with Crippen LogP contribution in [-0.4, -0.2) is 30.1 Å². The number of carboxylic acids is 1. The predicted molar refractivity (Wildman–Crippen MR) is 75.7 cm³/mol. The van der Waals surface area contributed by atoms with E-state index in [0.29, 0.717) is 13.0 Å². The zero-order valence-electron chi connectivity index (χ0n) is 11.6. The average molecular weight is 277 g/mol. The van der Waals surface area contributed by atoms with Crippen molar-refractivity contribution in [3.8, 4) is 5.75 Å². The normalized spacial score (nSPS) is 11.3. The summed E-state index contributed by atoms with van der Waals surface area (Å²) in [5.74, 6) is -0.331. The lowest BCUT2D eigenvalue weighted by molar-refractivity contribution is -0.140. The van der Waals surface area contributed by atoms with Gasteiger partial charge in [-0.1, -0.05) is 17.7 Å². The van der Waals surface area contributed by atoms with E-state index in [-0.39, 0.29) is 6.42 Å². The molecule has 108 valence electrons. The largest absolute Gasteiger partial charge is 0.490 e. The molecule has 0 aliphatic heterocycles. The Balaban J connectivity index is 2.59. The third-order valence-electron chi connectivity index (χ3n) is 2.67. The van der Waals surface area contributed by atoms with Crippen LogP contribution in [0.15, 0.2) is 35.9 Å². The van der Waals surface area contributed by atoms with Gasteiger partial charge in [0, 0.05) is 6.42 Å². The number of hydrogen-bond donors (Lipinski definition) is 2. The van der Waals surface area contributed by atoms with Gasteiger partial charge in [-0.3, -0.25) is 4.79 Å². The van der Waals surface area contributed by atoms with Crippen LogP contribution in [0.5, 0.6) is 5.75 Å². The van der Waals surface area contributed by atoms with E-state index in [1.165, 1.54) is 5.57 Å². The van der Waals surface area contributed by atoms with Crippen LogP contribution < -0.4 is 10.1 Å². The second-order valence-corrected chi connectivity index (χ2v) is 4.62. The van der Waals surface area contributed by atoms with E-state index in [2.05, 4.69) is 5.32 Å². The molecule has 0 aromatic heterocycles. The zero-order valence-corrected chi connectivity index (χ0v) is 11.6. The van der Waals surface area contributed by atoms with Crippen molar-refractivity contribution < 1.29 is 19.4 Å². The molecule has 1 aromatic rings. The molecular weight excluding hydrogens is 258 g/mol. The molecule has 0 spiro atoms. The number of amides is 1. The topological polar surface area (TPSA) is 75.6 Å². The van der Waals surface area contributed by atoms with Gasteiger partial charge in [-0.05, 0) is 37.6 Å². The van der Waals surface area contributed by atoms with E-state index in [9.17, 15) is 9.59 Å². The number of benzene rings is 1. The molecule has 1 aromatic carbocycles. The van der Waals surface area contributed by atoms with Crippen molar-refractivity contribution in [1.29, 1.82) is 0 Å². The van der Waals surface area contributed by atoms with E-state index in [4.69, 9.17) is 9.84 Å². The van der Waals surface area contributed by atoms with Crippen molar-refractivity contribution in [3.63, 3.8) is 0 Å². The monoisotopic (exact) mass is 277 g/mol. The van der Waals surface area contributed by atoms with Gasteiger partial charge < -0.3 is 15.2 Å². The Labute approximate surface area is 118 Å². The molecule has 2 N–H and O–H groups in total. The number of carboxylic acid groups (broad SMARTS) is 1. The fourth-order valence-electron chi connectivity index (χ4n) is 1.56. The Bertz CT molecular complexity index is 475. The summed E-state index contributed by atoms with van der Waals surface area (Å²) in [7, 11) is 0. The molecule has 20 heavy (non-hydrogen) atoms. The summed E-state index contributed by atoms with van der Waals surface area (Å²) in [4.78, 5) is 21.3. The van der Waals surface area contributed by atoms with E-state index in [0.717, 1.165) is 11.3 Å². The van der Waals surface area contributed by atoms with Crippen LogP contribution in [0.2, 0.25) is 0 Å². The quantitative estimate of drug-likeness (QED) is 0.561. The minimum Gasteiger partial charge on any atom is -0.490 e. The lowest BCUT2D eigenvalue weighted by Gasteiger charge is -2.11. The summed E-state index contributed by atoms with van der Waals surface area (Å²) in [5, 5.41) is 11.2. The number of hydrogen-bond acceptors (Lipinski definition) is 3. The molecule has 0 aliphatic carbocycles. The Hall–Kier alpha value is -2.30. The average Bonchev–Trinajstić information content (AvgIpc) is 2.39. The molecule has 1 rings (SSSR count). The maximum Gasteiger partial charge on any atom is 0.326 e. The van der Waals surface area contributed by atoms with Gasteiger partial charge in [0.2, 0.25) is 6.41 Å². The van der Waals surface area contributed by atoms with Gasteiger partial charge in [0.05, 0.1) is 0 Å². The van der Waals surface area contributed by atoms with Crippen molar-refractivity contribution in [1.82, 2.24) is 5.32 Å². The van der Waals surface area contributed by atoms with Crippen LogP contribution in [0.25, 0.3) is 0 Å². The first-order valence-corrected chi connectivity index (χ1v) is 6.30. The van der Waals surface area contributed by atoms with Gasteiger partial charge in [-0.15, -0.1) is 0 Å². The van der Waals surface area contributed by atoms with Crippen molar-refractivity contribution in [2.24, 2.45) is 0 Å². The lowest BCUT2D eigenvalue weighted by atomic mass is 10.1. The maximum absolute atomic E-state index is 10.9. The molecule has 0 fully saturated rings. The van der Waals surface area contributed by atoms with Crippen LogP contribution in [0.4, 0.5) is 0 Å². The molecule has 0 heterocycles. The Morgan fingerprint density at radius 2 is 2.00 bits per heavy atom. The second-order valence-electron chi connectivity index (χ2n) is 4.62. The summed E-state index contributed by atoms with van der Waals surface area (Å²) >= 11 is 0. The summed E-state index contributed by atoms with van der Waals surface area (Å²) in [5.41, 5.74) is 2.01. The number of carbonyl (C=O) groups is 2. The van der Waals surface area contributed by atoms with Crippen molar-refractivity contribution >= 4 is 12.4 Å². The Kier molecular flexibility index (Phi) is 6.29. The first kappa shape index (κ1) is 15.8. The van der Waals surface area contributed by atoms with Crippen LogP contribution in [0, 0.1) is 0 Å². The molecule has 1 amide bonds. The zero-order chi connectivity index (χ0) is 15.0. The minimum absolute atomic E-state index is 0.238. The van der Waals surface area contributed by atoms with E-state index in [1.807, 2.05) is 19.9 Å². The van der Waals surface area contributed by atoms with Gasteiger partial charge in [0.1, 0.15) is 18.4 Å². The first-order valence-electron chi connectivity index (χ1n) is 6.30. The molecule has 0 saturated carbocycles. The molecule has 0 unspecified atom stereocenters. The number of nitrogens with one attached hydrogen (secondary N) is 1. The highest BCUT2D eigenvalue weighted by Crippen LogP contribution is 2.13.